The topological polar surface area (TPSA) is 54.9 Å². The number of hydrogen-bond donors (Lipinski definition) is 2. The van der Waals surface area contributed by atoms with Gasteiger partial charge in [-0.2, -0.15) is 0 Å². The number of benzene rings is 1. The SMILES string of the molecule is CN=C(NCCCOCC1CCOC1)NCc1cc(F)ccc1F.I. The first-order valence-electron chi connectivity index (χ1n) is 8.23. The van der Waals surface area contributed by atoms with Crippen LogP contribution in [-0.2, 0) is 16.0 Å². The first-order chi connectivity index (χ1) is 11.7. The summed E-state index contributed by atoms with van der Waals surface area (Å²) < 4.78 is 37.6. The predicted molar refractivity (Wildman–Crippen MR) is 104 cm³/mol. The smallest absolute Gasteiger partial charge is 0.191 e. The molecule has 0 spiro atoms. The van der Waals surface area contributed by atoms with Crippen molar-refractivity contribution in [2.75, 3.05) is 40.0 Å². The van der Waals surface area contributed by atoms with Crippen molar-refractivity contribution in [3.63, 3.8) is 0 Å². The van der Waals surface area contributed by atoms with Crippen LogP contribution in [0.5, 0.6) is 0 Å². The molecule has 1 heterocycles. The second-order valence-corrected chi connectivity index (χ2v) is 5.75. The van der Waals surface area contributed by atoms with E-state index in [0.29, 0.717) is 25.0 Å². The summed E-state index contributed by atoms with van der Waals surface area (Å²) in [6.45, 7) is 3.90. The van der Waals surface area contributed by atoms with Gasteiger partial charge in [0.05, 0.1) is 13.2 Å². The Labute approximate surface area is 164 Å². The average molecular weight is 469 g/mol. The maximum Gasteiger partial charge on any atom is 0.191 e. The Morgan fingerprint density at radius 3 is 2.92 bits per heavy atom. The van der Waals surface area contributed by atoms with E-state index in [4.69, 9.17) is 9.47 Å². The summed E-state index contributed by atoms with van der Waals surface area (Å²) >= 11 is 0. The molecule has 0 radical (unpaired) electrons. The number of rotatable bonds is 8. The molecule has 1 aromatic carbocycles. The Bertz CT molecular complexity index is 541. The zero-order chi connectivity index (χ0) is 17.2. The Morgan fingerprint density at radius 2 is 2.20 bits per heavy atom. The lowest BCUT2D eigenvalue weighted by Crippen LogP contribution is -2.37. The molecule has 142 valence electrons. The number of hydrogen-bond acceptors (Lipinski definition) is 3. The van der Waals surface area contributed by atoms with Crippen LogP contribution in [-0.4, -0.2) is 46.0 Å². The van der Waals surface area contributed by atoms with Crippen LogP contribution in [0.3, 0.4) is 0 Å². The first-order valence-corrected chi connectivity index (χ1v) is 8.23. The summed E-state index contributed by atoms with van der Waals surface area (Å²) in [7, 11) is 1.63. The van der Waals surface area contributed by atoms with E-state index >= 15 is 0 Å². The van der Waals surface area contributed by atoms with Gasteiger partial charge in [0.2, 0.25) is 0 Å². The second-order valence-electron chi connectivity index (χ2n) is 5.75. The third kappa shape index (κ3) is 8.28. The van der Waals surface area contributed by atoms with Crippen LogP contribution in [0.25, 0.3) is 0 Å². The molecule has 1 atom stereocenters. The van der Waals surface area contributed by atoms with Gasteiger partial charge in [-0.15, -0.1) is 24.0 Å². The van der Waals surface area contributed by atoms with Gasteiger partial charge in [-0.25, -0.2) is 8.78 Å². The highest BCUT2D eigenvalue weighted by atomic mass is 127. The zero-order valence-electron chi connectivity index (χ0n) is 14.4. The van der Waals surface area contributed by atoms with Gasteiger partial charge in [0.15, 0.2) is 5.96 Å². The lowest BCUT2D eigenvalue weighted by molar-refractivity contribution is 0.0888. The molecular formula is C17H26F2IN3O2. The predicted octanol–water partition coefficient (Wildman–Crippen LogP) is 2.69. The van der Waals surface area contributed by atoms with E-state index in [-0.39, 0.29) is 36.1 Å². The molecule has 1 unspecified atom stereocenters. The van der Waals surface area contributed by atoms with Crippen LogP contribution in [0, 0.1) is 17.6 Å². The van der Waals surface area contributed by atoms with Crippen LogP contribution in [0.15, 0.2) is 23.2 Å². The van der Waals surface area contributed by atoms with Crippen LogP contribution < -0.4 is 10.6 Å². The number of halogens is 3. The number of aliphatic imine (C=N–C) groups is 1. The summed E-state index contributed by atoms with van der Waals surface area (Å²) in [4.78, 5) is 4.06. The van der Waals surface area contributed by atoms with Gasteiger partial charge in [-0.3, -0.25) is 4.99 Å². The minimum absolute atomic E-state index is 0. The molecule has 1 aromatic rings. The first kappa shape index (κ1) is 22.0. The molecule has 0 bridgehead atoms. The number of ether oxygens (including phenoxy) is 2. The molecule has 2 rings (SSSR count). The van der Waals surface area contributed by atoms with Crippen molar-refractivity contribution in [1.29, 1.82) is 0 Å². The highest BCUT2D eigenvalue weighted by Crippen LogP contribution is 2.12. The Hall–Kier alpha value is -1.00. The van der Waals surface area contributed by atoms with Crippen LogP contribution in [0.4, 0.5) is 8.78 Å². The average Bonchev–Trinajstić information content (AvgIpc) is 3.09. The molecule has 0 saturated carbocycles. The van der Waals surface area contributed by atoms with Gasteiger partial charge in [0, 0.05) is 44.8 Å². The van der Waals surface area contributed by atoms with E-state index in [1.165, 1.54) is 6.07 Å². The Morgan fingerprint density at radius 1 is 1.36 bits per heavy atom. The van der Waals surface area contributed by atoms with Crippen LogP contribution >= 0.6 is 24.0 Å². The van der Waals surface area contributed by atoms with Gasteiger partial charge in [0.25, 0.3) is 0 Å². The second kappa shape index (κ2) is 12.4. The van der Waals surface area contributed by atoms with E-state index in [9.17, 15) is 8.78 Å². The van der Waals surface area contributed by atoms with E-state index in [0.717, 1.165) is 44.8 Å². The van der Waals surface area contributed by atoms with Crippen LogP contribution in [0.1, 0.15) is 18.4 Å². The highest BCUT2D eigenvalue weighted by Gasteiger charge is 2.15. The summed E-state index contributed by atoms with van der Waals surface area (Å²) in [5, 5.41) is 6.08. The molecule has 25 heavy (non-hydrogen) atoms. The van der Waals surface area contributed by atoms with Gasteiger partial charge >= 0.3 is 0 Å². The molecule has 1 aliphatic heterocycles. The quantitative estimate of drug-likeness (QED) is 0.266. The zero-order valence-corrected chi connectivity index (χ0v) is 16.7. The summed E-state index contributed by atoms with van der Waals surface area (Å²) in [6, 6.07) is 3.40. The molecule has 5 nitrogen and oxygen atoms in total. The van der Waals surface area contributed by atoms with Crippen molar-refractivity contribution in [3.05, 3.63) is 35.4 Å². The van der Waals surface area contributed by atoms with E-state index in [2.05, 4.69) is 15.6 Å². The number of nitrogens with zero attached hydrogens (tertiary/aromatic N) is 1. The normalized spacial score (nSPS) is 17.2. The fourth-order valence-corrected chi connectivity index (χ4v) is 2.42. The Balaban J connectivity index is 0.00000312. The summed E-state index contributed by atoms with van der Waals surface area (Å²) in [5.74, 6) is 0.168. The van der Waals surface area contributed by atoms with Crippen molar-refractivity contribution >= 4 is 29.9 Å². The highest BCUT2D eigenvalue weighted by molar-refractivity contribution is 14.0. The van der Waals surface area contributed by atoms with Crippen molar-refractivity contribution in [2.24, 2.45) is 10.9 Å². The monoisotopic (exact) mass is 469 g/mol. The fraction of sp³-hybridized carbons (Fsp3) is 0.588. The summed E-state index contributed by atoms with van der Waals surface area (Å²) in [6.07, 6.45) is 1.91. The van der Waals surface area contributed by atoms with Gasteiger partial charge < -0.3 is 20.1 Å². The number of guanidine groups is 1. The standard InChI is InChI=1S/C17H25F2N3O2.HI/c1-20-17(22-10-14-9-15(18)3-4-16(14)19)21-6-2-7-23-11-13-5-8-24-12-13;/h3-4,9,13H,2,5-8,10-12H2,1H3,(H2,20,21,22);1H. The molecule has 1 saturated heterocycles. The lowest BCUT2D eigenvalue weighted by atomic mass is 10.1. The summed E-state index contributed by atoms with van der Waals surface area (Å²) in [5.41, 5.74) is 0.264. The molecule has 0 amide bonds. The van der Waals surface area contributed by atoms with Crippen molar-refractivity contribution in [1.82, 2.24) is 10.6 Å². The molecule has 1 aliphatic rings. The third-order valence-electron chi connectivity index (χ3n) is 3.81. The van der Waals surface area contributed by atoms with Gasteiger partial charge in [0.1, 0.15) is 11.6 Å². The Kier molecular flexibility index (Phi) is 10.9. The molecule has 0 aromatic heterocycles. The van der Waals surface area contributed by atoms with E-state index in [1.54, 1.807) is 7.05 Å². The molecule has 8 heteroatoms. The third-order valence-corrected chi connectivity index (χ3v) is 3.81. The van der Waals surface area contributed by atoms with E-state index < -0.39 is 11.6 Å². The van der Waals surface area contributed by atoms with Crippen molar-refractivity contribution in [3.8, 4) is 0 Å². The number of nitrogens with one attached hydrogen (secondary N) is 2. The fourth-order valence-electron chi connectivity index (χ4n) is 2.42. The van der Waals surface area contributed by atoms with Crippen molar-refractivity contribution < 1.29 is 18.3 Å². The molecule has 0 aliphatic carbocycles. The minimum atomic E-state index is -0.457. The van der Waals surface area contributed by atoms with Crippen molar-refractivity contribution in [2.45, 2.75) is 19.4 Å². The van der Waals surface area contributed by atoms with Gasteiger partial charge in [-0.1, -0.05) is 0 Å². The largest absolute Gasteiger partial charge is 0.381 e. The maximum absolute atomic E-state index is 13.6. The lowest BCUT2D eigenvalue weighted by Gasteiger charge is -2.13. The molecule has 2 N–H and O–H groups in total. The molecule has 1 fully saturated rings. The molecular weight excluding hydrogens is 443 g/mol. The van der Waals surface area contributed by atoms with E-state index in [1.807, 2.05) is 0 Å². The minimum Gasteiger partial charge on any atom is -0.381 e. The maximum atomic E-state index is 13.6. The van der Waals surface area contributed by atoms with Crippen LogP contribution in [0.2, 0.25) is 0 Å². The van der Waals surface area contributed by atoms with Gasteiger partial charge in [-0.05, 0) is 31.0 Å².